The van der Waals surface area contributed by atoms with Crippen LogP contribution in [0.15, 0.2) is 0 Å². The van der Waals surface area contributed by atoms with E-state index in [-0.39, 0.29) is 0 Å². The largest absolute Gasteiger partial charge is 0.126 e. The van der Waals surface area contributed by atoms with E-state index in [4.69, 9.17) is 23.2 Å². The Hall–Kier alpha value is 1.01. The molecule has 3 heteroatoms. The van der Waals surface area contributed by atoms with Crippen LogP contribution < -0.4 is 0 Å². The van der Waals surface area contributed by atoms with Crippen molar-refractivity contribution in [3.8, 4) is 0 Å². The van der Waals surface area contributed by atoms with E-state index in [1.165, 1.54) is 0 Å². The molecule has 38 valence electrons. The highest BCUT2D eigenvalue weighted by Crippen LogP contribution is 2.10. The number of alkyl halides is 2. The summed E-state index contributed by atoms with van der Waals surface area (Å²) in [5.41, 5.74) is 0.771. The average Bonchev–Trinajstić information content (AvgIpc) is 1.61. The summed E-state index contributed by atoms with van der Waals surface area (Å²) < 4.78 is 0. The molecule has 0 amide bonds. The Balaban J connectivity index is 2.34. The third kappa shape index (κ3) is 5.01. The molecule has 0 aliphatic rings. The molecule has 0 heterocycles. The van der Waals surface area contributed by atoms with Crippen LogP contribution >= 0.6 is 31.8 Å². The second-order valence-electron chi connectivity index (χ2n) is 0.823. The van der Waals surface area contributed by atoms with Gasteiger partial charge in [-0.05, 0) is 6.16 Å². The van der Waals surface area contributed by atoms with E-state index in [0.717, 1.165) is 26.2 Å². The highest BCUT2D eigenvalue weighted by atomic mass is 35.5. The van der Waals surface area contributed by atoms with Gasteiger partial charge in [0, 0.05) is 11.5 Å². The Labute approximate surface area is 50.0 Å². The van der Waals surface area contributed by atoms with Crippen molar-refractivity contribution < 1.29 is 0 Å². The van der Waals surface area contributed by atoms with Crippen LogP contribution in [0.5, 0.6) is 0 Å². The Morgan fingerprint density at radius 3 is 2.17 bits per heavy atom. The molecule has 0 aliphatic heterocycles. The predicted octanol–water partition coefficient (Wildman–Crippen LogP) is 2.10. The molecule has 0 rings (SSSR count). The first kappa shape index (κ1) is 7.01. The summed E-state index contributed by atoms with van der Waals surface area (Å²) in [4.78, 5) is 0. The maximum absolute atomic E-state index is 5.33. The fraction of sp³-hybridized carbons (Fsp3) is 1.00. The lowest BCUT2D eigenvalue weighted by Gasteiger charge is -1.84. The van der Waals surface area contributed by atoms with Gasteiger partial charge in [0.2, 0.25) is 0 Å². The number of hydrogen-bond donors (Lipinski definition) is 0. The van der Waals surface area contributed by atoms with Crippen LogP contribution in [-0.4, -0.2) is 17.7 Å². The minimum absolute atomic E-state index is 0.755. The molecular weight excluding hydrogens is 138 g/mol. The molecule has 0 saturated heterocycles. The van der Waals surface area contributed by atoms with E-state index in [0.29, 0.717) is 0 Å². The van der Waals surface area contributed by atoms with Crippen molar-refractivity contribution in [3.05, 3.63) is 0 Å². The maximum atomic E-state index is 5.33. The van der Waals surface area contributed by atoms with Crippen LogP contribution in [-0.2, 0) is 0 Å². The fourth-order valence-electron chi connectivity index (χ4n) is 0.134. The van der Waals surface area contributed by atoms with E-state index in [1.807, 2.05) is 0 Å². The smallest absolute Gasteiger partial charge is 0.0395 e. The zero-order valence-corrected chi connectivity index (χ0v) is 5.89. The predicted molar refractivity (Wildman–Crippen MR) is 34.6 cm³/mol. The summed E-state index contributed by atoms with van der Waals surface area (Å²) in [5.74, 6) is 0.755. The van der Waals surface area contributed by atoms with Gasteiger partial charge in [-0.2, -0.15) is 0 Å². The van der Waals surface area contributed by atoms with E-state index in [2.05, 4.69) is 0 Å². The molecule has 1 atom stereocenters. The summed E-state index contributed by atoms with van der Waals surface area (Å²) in [6, 6.07) is 0. The van der Waals surface area contributed by atoms with Crippen LogP contribution in [0.4, 0.5) is 0 Å². The van der Waals surface area contributed by atoms with E-state index < -0.39 is 0 Å². The lowest BCUT2D eigenvalue weighted by Crippen LogP contribution is -1.72. The minimum atomic E-state index is 0.755. The van der Waals surface area contributed by atoms with Crippen molar-refractivity contribution in [2.75, 3.05) is 17.7 Å². The summed E-state index contributed by atoms with van der Waals surface area (Å²) in [7, 11) is 0.848. The lowest BCUT2D eigenvalue weighted by atomic mass is 11.0. The molecule has 0 N–H and O–H groups in total. The fourth-order valence-corrected chi connectivity index (χ4v) is 1.20. The first-order valence-corrected chi connectivity index (χ1v) is 4.22. The van der Waals surface area contributed by atoms with Crippen LogP contribution in [0.3, 0.4) is 0 Å². The quantitative estimate of drug-likeness (QED) is 0.324. The van der Waals surface area contributed by atoms with Crippen LogP contribution in [0.2, 0.25) is 0 Å². The summed E-state index contributed by atoms with van der Waals surface area (Å²) in [6.45, 7) is 0. The van der Waals surface area contributed by atoms with E-state index >= 15 is 0 Å². The molecule has 0 aromatic carbocycles. The number of halogens is 2. The second-order valence-corrected chi connectivity index (χ2v) is 3.27. The summed E-state index contributed by atoms with van der Waals surface area (Å²) >= 11 is 10.7. The molecule has 0 spiro atoms. The molecule has 0 nitrogen and oxygen atoms in total. The molecule has 0 saturated carbocycles. The van der Waals surface area contributed by atoms with Crippen molar-refractivity contribution in [2.24, 2.45) is 0 Å². The van der Waals surface area contributed by atoms with Gasteiger partial charge < -0.3 is 0 Å². The average molecular weight is 145 g/mol. The van der Waals surface area contributed by atoms with Gasteiger partial charge in [-0.1, -0.05) is 0 Å². The van der Waals surface area contributed by atoms with Crippen molar-refractivity contribution in [2.45, 2.75) is 0 Å². The van der Waals surface area contributed by atoms with Crippen molar-refractivity contribution in [3.63, 3.8) is 0 Å². The number of hydrogen-bond acceptors (Lipinski definition) is 0. The normalized spacial score (nSPS) is 11.0. The van der Waals surface area contributed by atoms with Crippen LogP contribution in [0.1, 0.15) is 0 Å². The molecule has 0 bridgehead atoms. The lowest BCUT2D eigenvalue weighted by molar-refractivity contribution is 1.52. The zero-order valence-electron chi connectivity index (χ0n) is 3.38. The third-order valence-electron chi connectivity index (χ3n) is 0.366. The molecule has 6 heavy (non-hydrogen) atoms. The Morgan fingerprint density at radius 2 is 2.00 bits per heavy atom. The van der Waals surface area contributed by atoms with Gasteiger partial charge in [-0.3, -0.25) is 0 Å². The van der Waals surface area contributed by atoms with Crippen molar-refractivity contribution >= 4 is 31.8 Å². The minimum Gasteiger partial charge on any atom is -0.126 e. The molecule has 0 aliphatic carbocycles. The SMILES string of the molecule is ClCCPCCl. The number of rotatable bonds is 3. The van der Waals surface area contributed by atoms with Gasteiger partial charge in [0.15, 0.2) is 0 Å². The molecule has 1 unspecified atom stereocenters. The molecule has 0 aromatic heterocycles. The molecular formula is C3H7Cl2P. The van der Waals surface area contributed by atoms with Gasteiger partial charge in [0.25, 0.3) is 0 Å². The molecule has 0 fully saturated rings. The topological polar surface area (TPSA) is 0 Å². The van der Waals surface area contributed by atoms with Crippen LogP contribution in [0.25, 0.3) is 0 Å². The maximum Gasteiger partial charge on any atom is 0.0395 e. The molecule has 0 radical (unpaired) electrons. The highest BCUT2D eigenvalue weighted by Gasteiger charge is 1.77. The van der Waals surface area contributed by atoms with Gasteiger partial charge in [-0.25, -0.2) is 0 Å². The van der Waals surface area contributed by atoms with Gasteiger partial charge in [0.05, 0.1) is 0 Å². The van der Waals surface area contributed by atoms with Crippen molar-refractivity contribution in [1.82, 2.24) is 0 Å². The van der Waals surface area contributed by atoms with Gasteiger partial charge in [0.1, 0.15) is 0 Å². The zero-order chi connectivity index (χ0) is 4.83. The second kappa shape index (κ2) is 6.01. The van der Waals surface area contributed by atoms with Crippen molar-refractivity contribution in [1.29, 1.82) is 0 Å². The van der Waals surface area contributed by atoms with E-state index in [1.54, 1.807) is 0 Å². The first-order chi connectivity index (χ1) is 2.91. The standard InChI is InChI=1S/C3H7Cl2P/c4-1-2-6-3-5/h6H,1-3H2. The summed E-state index contributed by atoms with van der Waals surface area (Å²) in [6.07, 6.45) is 1.07. The molecule has 0 aromatic rings. The highest BCUT2D eigenvalue weighted by molar-refractivity contribution is 7.40. The van der Waals surface area contributed by atoms with Gasteiger partial charge in [-0.15, -0.1) is 31.8 Å². The summed E-state index contributed by atoms with van der Waals surface area (Å²) in [5, 5.41) is 0. The van der Waals surface area contributed by atoms with Crippen LogP contribution in [0, 0.1) is 0 Å². The third-order valence-corrected chi connectivity index (χ3v) is 2.23. The Bertz CT molecular complexity index is 20.8. The monoisotopic (exact) mass is 144 g/mol. The van der Waals surface area contributed by atoms with E-state index in [9.17, 15) is 0 Å². The first-order valence-electron chi connectivity index (χ1n) is 1.74. The Kier molecular flexibility index (Phi) is 7.02. The van der Waals surface area contributed by atoms with Gasteiger partial charge >= 0.3 is 0 Å². The Morgan fingerprint density at radius 1 is 1.33 bits per heavy atom.